The Labute approximate surface area is 138 Å². The van der Waals surface area contributed by atoms with Gasteiger partial charge in [0.1, 0.15) is 0 Å². The Morgan fingerprint density at radius 1 is 1.24 bits per heavy atom. The number of halogens is 1. The van der Waals surface area contributed by atoms with Crippen LogP contribution in [0.4, 0.5) is 11.4 Å². The van der Waals surface area contributed by atoms with Crippen molar-refractivity contribution in [3.8, 4) is 0 Å². The first-order valence-electron chi connectivity index (χ1n) is 7.17. The second-order valence-corrected chi connectivity index (χ2v) is 6.92. The predicted octanol–water partition coefficient (Wildman–Crippen LogP) is 4.52. The molecular weight excluding hydrogens is 348 g/mol. The van der Waals surface area contributed by atoms with Gasteiger partial charge in [0, 0.05) is 22.4 Å². The van der Waals surface area contributed by atoms with Gasteiger partial charge in [-0.05, 0) is 46.4 Å². The molecule has 1 aliphatic heterocycles. The quantitative estimate of drug-likeness (QED) is 0.860. The van der Waals surface area contributed by atoms with E-state index in [-0.39, 0.29) is 6.04 Å². The van der Waals surface area contributed by atoms with E-state index in [1.54, 1.807) is 11.3 Å². The van der Waals surface area contributed by atoms with Crippen LogP contribution in [-0.4, -0.2) is 26.3 Å². The molecule has 3 rings (SSSR count). The van der Waals surface area contributed by atoms with Crippen LogP contribution in [0.1, 0.15) is 17.8 Å². The van der Waals surface area contributed by atoms with E-state index in [0.717, 1.165) is 26.3 Å². The molecule has 5 heteroatoms. The number of hydrogen-bond donors (Lipinski definition) is 1. The maximum atomic E-state index is 5.45. The van der Waals surface area contributed by atoms with Gasteiger partial charge in [0.25, 0.3) is 0 Å². The van der Waals surface area contributed by atoms with Crippen LogP contribution in [0, 0.1) is 0 Å². The minimum Gasteiger partial charge on any atom is -0.378 e. The number of hydrogen-bond acceptors (Lipinski definition) is 4. The minimum atomic E-state index is 0.279. The zero-order valence-electron chi connectivity index (χ0n) is 12.0. The van der Waals surface area contributed by atoms with Gasteiger partial charge in [-0.25, -0.2) is 0 Å². The summed E-state index contributed by atoms with van der Waals surface area (Å²) in [4.78, 5) is 3.72. The molecule has 1 aromatic carbocycles. The molecule has 0 spiro atoms. The molecule has 1 unspecified atom stereocenters. The molecule has 1 saturated heterocycles. The molecule has 0 aliphatic carbocycles. The molecule has 2 heterocycles. The molecule has 0 amide bonds. The van der Waals surface area contributed by atoms with Crippen LogP contribution in [0.2, 0.25) is 0 Å². The Balaban J connectivity index is 1.80. The third-order valence-corrected chi connectivity index (χ3v) is 5.72. The van der Waals surface area contributed by atoms with Gasteiger partial charge in [-0.3, -0.25) is 0 Å². The summed E-state index contributed by atoms with van der Waals surface area (Å²) >= 11 is 5.39. The van der Waals surface area contributed by atoms with Crippen molar-refractivity contribution >= 4 is 38.6 Å². The van der Waals surface area contributed by atoms with E-state index in [1.807, 2.05) is 0 Å². The molecule has 2 aromatic rings. The van der Waals surface area contributed by atoms with E-state index >= 15 is 0 Å². The molecule has 0 saturated carbocycles. The number of nitrogens with zero attached hydrogens (tertiary/aromatic N) is 1. The summed E-state index contributed by atoms with van der Waals surface area (Å²) in [7, 11) is 0. The van der Waals surface area contributed by atoms with Crippen molar-refractivity contribution in [3.63, 3.8) is 0 Å². The number of thiophene rings is 1. The molecule has 1 N–H and O–H groups in total. The third kappa shape index (κ3) is 3.42. The van der Waals surface area contributed by atoms with Crippen LogP contribution in [0.5, 0.6) is 0 Å². The number of rotatable bonds is 4. The first-order valence-corrected chi connectivity index (χ1v) is 8.84. The largest absolute Gasteiger partial charge is 0.378 e. The van der Waals surface area contributed by atoms with Gasteiger partial charge in [-0.15, -0.1) is 11.3 Å². The van der Waals surface area contributed by atoms with E-state index in [2.05, 4.69) is 68.8 Å². The number of anilines is 2. The molecule has 112 valence electrons. The lowest BCUT2D eigenvalue weighted by Gasteiger charge is -2.31. The lowest BCUT2D eigenvalue weighted by atomic mass is 10.2. The maximum Gasteiger partial charge on any atom is 0.0642 e. The number of nitrogens with one attached hydrogen (secondary N) is 1. The molecule has 0 bridgehead atoms. The van der Waals surface area contributed by atoms with Crippen LogP contribution in [-0.2, 0) is 4.74 Å². The highest BCUT2D eigenvalue weighted by atomic mass is 79.9. The van der Waals surface area contributed by atoms with Crippen LogP contribution in [0.15, 0.2) is 40.2 Å². The van der Waals surface area contributed by atoms with E-state index in [1.165, 1.54) is 20.7 Å². The first kappa shape index (κ1) is 14.9. The molecule has 21 heavy (non-hydrogen) atoms. The van der Waals surface area contributed by atoms with Crippen molar-refractivity contribution in [2.24, 2.45) is 0 Å². The number of para-hydroxylation sites is 2. The SMILES string of the molecule is CC(Nc1ccccc1N1CCOCC1)c1sccc1Br. The van der Waals surface area contributed by atoms with Crippen molar-refractivity contribution < 1.29 is 4.74 Å². The summed E-state index contributed by atoms with van der Waals surface area (Å²) in [5, 5.41) is 5.77. The summed E-state index contributed by atoms with van der Waals surface area (Å²) in [6.07, 6.45) is 0. The number of benzene rings is 1. The minimum absolute atomic E-state index is 0.279. The summed E-state index contributed by atoms with van der Waals surface area (Å²) in [5.74, 6) is 0. The van der Waals surface area contributed by atoms with Gasteiger partial charge >= 0.3 is 0 Å². The lowest BCUT2D eigenvalue weighted by Crippen LogP contribution is -2.36. The van der Waals surface area contributed by atoms with Crippen molar-refractivity contribution in [3.05, 3.63) is 45.1 Å². The maximum absolute atomic E-state index is 5.45. The van der Waals surface area contributed by atoms with Gasteiger partial charge in [-0.2, -0.15) is 0 Å². The molecule has 1 atom stereocenters. The molecule has 0 radical (unpaired) electrons. The van der Waals surface area contributed by atoms with Crippen LogP contribution in [0.25, 0.3) is 0 Å². The van der Waals surface area contributed by atoms with Gasteiger partial charge in [0.05, 0.1) is 30.6 Å². The Morgan fingerprint density at radius 2 is 2.00 bits per heavy atom. The van der Waals surface area contributed by atoms with Crippen molar-refractivity contribution in [1.82, 2.24) is 0 Å². The molecule has 1 aliphatic rings. The normalized spacial score (nSPS) is 16.8. The van der Waals surface area contributed by atoms with Crippen molar-refractivity contribution in [1.29, 1.82) is 0 Å². The monoisotopic (exact) mass is 366 g/mol. The molecule has 1 fully saturated rings. The Morgan fingerprint density at radius 3 is 2.71 bits per heavy atom. The second kappa shape index (κ2) is 6.81. The average molecular weight is 367 g/mol. The fourth-order valence-electron chi connectivity index (χ4n) is 2.59. The highest BCUT2D eigenvalue weighted by Gasteiger charge is 2.17. The fraction of sp³-hybridized carbons (Fsp3) is 0.375. The van der Waals surface area contributed by atoms with Gasteiger partial charge in [0.15, 0.2) is 0 Å². The topological polar surface area (TPSA) is 24.5 Å². The molecular formula is C16H19BrN2OS. The summed E-state index contributed by atoms with van der Waals surface area (Å²) in [6, 6.07) is 10.9. The van der Waals surface area contributed by atoms with Crippen LogP contribution < -0.4 is 10.2 Å². The first-order chi connectivity index (χ1) is 10.3. The van der Waals surface area contributed by atoms with Gasteiger partial charge in [-0.1, -0.05) is 12.1 Å². The third-order valence-electron chi connectivity index (χ3n) is 3.67. The zero-order chi connectivity index (χ0) is 14.7. The second-order valence-electron chi connectivity index (χ2n) is 5.12. The summed E-state index contributed by atoms with van der Waals surface area (Å²) in [6.45, 7) is 5.72. The van der Waals surface area contributed by atoms with E-state index in [4.69, 9.17) is 4.74 Å². The fourth-order valence-corrected chi connectivity index (χ4v) is 4.31. The summed E-state index contributed by atoms with van der Waals surface area (Å²) < 4.78 is 6.63. The molecule has 3 nitrogen and oxygen atoms in total. The van der Waals surface area contributed by atoms with Gasteiger partial charge < -0.3 is 15.0 Å². The molecule has 1 aromatic heterocycles. The van der Waals surface area contributed by atoms with Gasteiger partial charge in [0.2, 0.25) is 0 Å². The standard InChI is InChI=1S/C16H19BrN2OS/c1-12(16-13(17)6-11-21-16)18-14-4-2-3-5-15(14)19-7-9-20-10-8-19/h2-6,11-12,18H,7-10H2,1H3. The van der Waals surface area contributed by atoms with E-state index in [9.17, 15) is 0 Å². The predicted molar refractivity (Wildman–Crippen MR) is 93.5 cm³/mol. The number of ether oxygens (including phenoxy) is 1. The zero-order valence-corrected chi connectivity index (χ0v) is 14.4. The van der Waals surface area contributed by atoms with Crippen molar-refractivity contribution in [2.75, 3.05) is 36.5 Å². The highest BCUT2D eigenvalue weighted by Crippen LogP contribution is 2.34. The Kier molecular flexibility index (Phi) is 4.83. The smallest absolute Gasteiger partial charge is 0.0642 e. The highest BCUT2D eigenvalue weighted by molar-refractivity contribution is 9.10. The van der Waals surface area contributed by atoms with E-state index in [0.29, 0.717) is 0 Å². The lowest BCUT2D eigenvalue weighted by molar-refractivity contribution is 0.123. The summed E-state index contributed by atoms with van der Waals surface area (Å²) in [5.41, 5.74) is 2.45. The average Bonchev–Trinajstić information content (AvgIpc) is 2.95. The van der Waals surface area contributed by atoms with Crippen LogP contribution in [0.3, 0.4) is 0 Å². The van der Waals surface area contributed by atoms with E-state index < -0.39 is 0 Å². The van der Waals surface area contributed by atoms with Crippen molar-refractivity contribution in [2.45, 2.75) is 13.0 Å². The number of morpholine rings is 1. The van der Waals surface area contributed by atoms with Crippen LogP contribution >= 0.6 is 27.3 Å². The Bertz CT molecular complexity index is 595. The Hall–Kier alpha value is -1.04.